The Morgan fingerprint density at radius 3 is 2.52 bits per heavy atom. The fourth-order valence-electron chi connectivity index (χ4n) is 4.42. The fraction of sp³-hybridized carbons (Fsp3) is 0.267. The van der Waals surface area contributed by atoms with Crippen LogP contribution in [0.2, 0.25) is 0 Å². The largest absolute Gasteiger partial charge is 0.493 e. The minimum atomic E-state index is -4.05. The van der Waals surface area contributed by atoms with Gasteiger partial charge >= 0.3 is 0 Å². The van der Waals surface area contributed by atoms with Gasteiger partial charge in [0.05, 0.1) is 32.8 Å². The molecular formula is C30H33N3O5S2. The number of thiophene rings is 1. The predicted octanol–water partition coefficient (Wildman–Crippen LogP) is 5.07. The SMILES string of the molecule is C=CCN(CC(=O)N(CCc1ccc(OC)c(OC)c1)Cc1ccc(C)s1)S(=O)(=O)c1cccc2cccnc12. The molecule has 2 aromatic heterocycles. The molecule has 0 atom stereocenters. The first-order valence-corrected chi connectivity index (χ1v) is 15.0. The highest BCUT2D eigenvalue weighted by molar-refractivity contribution is 7.89. The molecule has 0 aliphatic heterocycles. The van der Waals surface area contributed by atoms with Crippen molar-refractivity contribution >= 4 is 38.2 Å². The molecule has 0 radical (unpaired) electrons. The molecule has 0 spiro atoms. The molecule has 0 saturated carbocycles. The molecule has 0 bridgehead atoms. The molecule has 4 aromatic rings. The van der Waals surface area contributed by atoms with E-state index in [1.165, 1.54) is 12.1 Å². The summed E-state index contributed by atoms with van der Waals surface area (Å²) in [6.45, 7) is 6.18. The summed E-state index contributed by atoms with van der Waals surface area (Å²) in [5, 5.41) is 0.707. The van der Waals surface area contributed by atoms with Gasteiger partial charge in [0.1, 0.15) is 4.90 Å². The number of carbonyl (C=O) groups excluding carboxylic acids is 1. The Labute approximate surface area is 239 Å². The van der Waals surface area contributed by atoms with E-state index in [-0.39, 0.29) is 23.9 Å². The summed E-state index contributed by atoms with van der Waals surface area (Å²) in [5.74, 6) is 0.935. The zero-order valence-electron chi connectivity index (χ0n) is 22.9. The molecule has 10 heteroatoms. The Balaban J connectivity index is 1.60. The third-order valence-electron chi connectivity index (χ3n) is 6.47. The van der Waals surface area contributed by atoms with Crippen LogP contribution in [0.25, 0.3) is 10.9 Å². The van der Waals surface area contributed by atoms with Crippen molar-refractivity contribution in [2.45, 2.75) is 24.8 Å². The summed E-state index contributed by atoms with van der Waals surface area (Å²) < 4.78 is 39.5. The Morgan fingerprint density at radius 1 is 1.05 bits per heavy atom. The Kier molecular flexibility index (Phi) is 9.57. The highest BCUT2D eigenvalue weighted by Gasteiger charge is 2.29. The van der Waals surface area contributed by atoms with Crippen molar-refractivity contribution in [1.29, 1.82) is 0 Å². The van der Waals surface area contributed by atoms with Crippen molar-refractivity contribution in [2.24, 2.45) is 0 Å². The molecule has 40 heavy (non-hydrogen) atoms. The van der Waals surface area contributed by atoms with Crippen LogP contribution in [0.3, 0.4) is 0 Å². The first kappa shape index (κ1) is 29.3. The van der Waals surface area contributed by atoms with Gasteiger partial charge < -0.3 is 14.4 Å². The number of fused-ring (bicyclic) bond motifs is 1. The van der Waals surface area contributed by atoms with Crippen molar-refractivity contribution in [3.8, 4) is 11.5 Å². The van der Waals surface area contributed by atoms with Crippen LogP contribution in [0.15, 0.2) is 84.4 Å². The number of pyridine rings is 1. The maximum absolute atomic E-state index is 13.8. The number of methoxy groups -OCH3 is 2. The van der Waals surface area contributed by atoms with Crippen LogP contribution < -0.4 is 9.47 Å². The molecule has 0 saturated heterocycles. The van der Waals surface area contributed by atoms with E-state index >= 15 is 0 Å². The number of benzene rings is 2. The minimum absolute atomic E-state index is 0.0150. The van der Waals surface area contributed by atoms with Gasteiger partial charge in [-0.05, 0) is 55.3 Å². The summed E-state index contributed by atoms with van der Waals surface area (Å²) in [6.07, 6.45) is 3.60. The van der Waals surface area contributed by atoms with Crippen LogP contribution in [-0.4, -0.2) is 62.4 Å². The second-order valence-electron chi connectivity index (χ2n) is 9.18. The number of nitrogens with zero attached hydrogens (tertiary/aromatic N) is 3. The number of hydrogen-bond donors (Lipinski definition) is 0. The molecule has 0 aliphatic carbocycles. The van der Waals surface area contributed by atoms with E-state index in [4.69, 9.17) is 9.47 Å². The van der Waals surface area contributed by atoms with Gasteiger partial charge in [0.25, 0.3) is 0 Å². The molecule has 8 nitrogen and oxygen atoms in total. The average Bonchev–Trinajstić information content (AvgIpc) is 3.38. The minimum Gasteiger partial charge on any atom is -0.493 e. The van der Waals surface area contributed by atoms with Gasteiger partial charge in [0, 0.05) is 34.4 Å². The van der Waals surface area contributed by atoms with Crippen molar-refractivity contribution in [1.82, 2.24) is 14.2 Å². The Morgan fingerprint density at radius 2 is 1.82 bits per heavy atom. The van der Waals surface area contributed by atoms with Gasteiger partial charge in [0.15, 0.2) is 11.5 Å². The quantitative estimate of drug-likeness (QED) is 0.206. The highest BCUT2D eigenvalue weighted by Crippen LogP contribution is 2.28. The van der Waals surface area contributed by atoms with Crippen LogP contribution >= 0.6 is 11.3 Å². The van der Waals surface area contributed by atoms with E-state index in [1.54, 1.807) is 48.8 Å². The van der Waals surface area contributed by atoms with Gasteiger partial charge in [-0.2, -0.15) is 4.31 Å². The molecule has 1 amide bonds. The number of hydrogen-bond acceptors (Lipinski definition) is 7. The zero-order chi connectivity index (χ0) is 28.7. The van der Waals surface area contributed by atoms with Crippen molar-refractivity contribution < 1.29 is 22.7 Å². The van der Waals surface area contributed by atoms with Gasteiger partial charge in [-0.25, -0.2) is 8.42 Å². The lowest BCUT2D eigenvalue weighted by atomic mass is 10.1. The van der Waals surface area contributed by atoms with Crippen LogP contribution in [0.5, 0.6) is 11.5 Å². The second kappa shape index (κ2) is 13.1. The van der Waals surface area contributed by atoms with E-state index in [0.717, 1.165) is 19.6 Å². The smallest absolute Gasteiger partial charge is 0.246 e. The Bertz CT molecular complexity index is 1590. The van der Waals surface area contributed by atoms with Gasteiger partial charge in [-0.15, -0.1) is 17.9 Å². The number of para-hydroxylation sites is 1. The van der Waals surface area contributed by atoms with E-state index in [9.17, 15) is 13.2 Å². The number of ether oxygens (including phenoxy) is 2. The van der Waals surface area contributed by atoms with Crippen molar-refractivity contribution in [3.05, 3.63) is 94.8 Å². The summed E-state index contributed by atoms with van der Waals surface area (Å²) in [7, 11) is -0.885. The molecule has 2 aromatic carbocycles. The van der Waals surface area contributed by atoms with Crippen LogP contribution in [-0.2, 0) is 27.8 Å². The van der Waals surface area contributed by atoms with Crippen molar-refractivity contribution in [2.75, 3.05) is 33.9 Å². The summed E-state index contributed by atoms with van der Waals surface area (Å²) in [5.41, 5.74) is 1.33. The zero-order valence-corrected chi connectivity index (χ0v) is 24.5. The molecule has 2 heterocycles. The Hall–Kier alpha value is -3.73. The molecule has 0 aliphatic rings. The lowest BCUT2D eigenvalue weighted by Gasteiger charge is -2.27. The standard InChI is InChI=1S/C30H33N3O5S2/c1-5-17-33(40(35,36)28-10-6-8-24-9-7-16-31-30(24)28)21-29(34)32(20-25-13-11-22(2)39-25)18-15-23-12-14-26(37-3)27(19-23)38-4/h5-14,16,19H,1,15,17-18,20-21H2,2-4H3. The first-order valence-electron chi connectivity index (χ1n) is 12.8. The molecule has 0 unspecified atom stereocenters. The number of carbonyl (C=O) groups is 1. The van der Waals surface area contributed by atoms with Crippen LogP contribution in [0.1, 0.15) is 15.3 Å². The normalized spacial score (nSPS) is 11.5. The van der Waals surface area contributed by atoms with Crippen LogP contribution in [0.4, 0.5) is 0 Å². The van der Waals surface area contributed by atoms with Gasteiger partial charge in [-0.3, -0.25) is 9.78 Å². The predicted molar refractivity (Wildman–Crippen MR) is 158 cm³/mol. The van der Waals surface area contributed by atoms with Gasteiger partial charge in [0.2, 0.25) is 15.9 Å². The molecule has 210 valence electrons. The second-order valence-corrected chi connectivity index (χ2v) is 12.5. The number of aryl methyl sites for hydroxylation is 1. The molecule has 4 rings (SSSR count). The summed E-state index contributed by atoms with van der Waals surface area (Å²) >= 11 is 1.61. The van der Waals surface area contributed by atoms with Gasteiger partial charge in [-0.1, -0.05) is 30.3 Å². The lowest BCUT2D eigenvalue weighted by molar-refractivity contribution is -0.131. The maximum atomic E-state index is 13.8. The summed E-state index contributed by atoms with van der Waals surface area (Å²) in [6, 6.07) is 18.2. The van der Waals surface area contributed by atoms with E-state index in [2.05, 4.69) is 11.6 Å². The number of rotatable bonds is 13. The highest BCUT2D eigenvalue weighted by atomic mass is 32.2. The van der Waals surface area contributed by atoms with Crippen LogP contribution in [0, 0.1) is 6.92 Å². The molecule has 0 N–H and O–H groups in total. The summed E-state index contributed by atoms with van der Waals surface area (Å²) in [4.78, 5) is 22.0. The number of sulfonamides is 1. The monoisotopic (exact) mass is 579 g/mol. The van der Waals surface area contributed by atoms with E-state index in [0.29, 0.717) is 41.9 Å². The fourth-order valence-corrected chi connectivity index (χ4v) is 6.85. The topological polar surface area (TPSA) is 89.0 Å². The molecule has 0 fully saturated rings. The number of amides is 1. The maximum Gasteiger partial charge on any atom is 0.246 e. The third kappa shape index (κ3) is 6.70. The first-order chi connectivity index (χ1) is 19.3. The lowest BCUT2D eigenvalue weighted by Crippen LogP contribution is -2.43. The average molecular weight is 580 g/mol. The van der Waals surface area contributed by atoms with Crippen molar-refractivity contribution in [3.63, 3.8) is 0 Å². The molecular weight excluding hydrogens is 546 g/mol. The number of aromatic nitrogens is 1. The van der Waals surface area contributed by atoms with E-state index in [1.807, 2.05) is 49.4 Å². The van der Waals surface area contributed by atoms with E-state index < -0.39 is 10.0 Å². The third-order valence-corrected chi connectivity index (χ3v) is 9.30.